The SMILES string of the molecule is COC(=O)CC1CN(C(=O)c2csc([N+](=O)[O-])c2)CCO1. The molecule has 1 aromatic heterocycles. The lowest BCUT2D eigenvalue weighted by Crippen LogP contribution is -2.46. The first-order chi connectivity index (χ1) is 10.0. The minimum absolute atomic E-state index is 0.0716. The van der Waals surface area contributed by atoms with Gasteiger partial charge in [0.15, 0.2) is 0 Å². The van der Waals surface area contributed by atoms with Crippen molar-refractivity contribution in [2.75, 3.05) is 26.8 Å². The molecule has 0 spiro atoms. The first kappa shape index (κ1) is 15.4. The predicted octanol–water partition coefficient (Wildman–Crippen LogP) is 1.06. The lowest BCUT2D eigenvalue weighted by atomic mass is 10.2. The molecular weight excluding hydrogens is 300 g/mol. The summed E-state index contributed by atoms with van der Waals surface area (Å²) in [6, 6.07) is 1.26. The molecule has 1 unspecified atom stereocenters. The number of nitro groups is 1. The highest BCUT2D eigenvalue weighted by Gasteiger charge is 2.28. The Kier molecular flexibility index (Phi) is 4.86. The van der Waals surface area contributed by atoms with Crippen LogP contribution in [0.3, 0.4) is 0 Å². The number of nitrogens with zero attached hydrogens (tertiary/aromatic N) is 2. The highest BCUT2D eigenvalue weighted by atomic mass is 32.1. The van der Waals surface area contributed by atoms with Crippen molar-refractivity contribution in [3.63, 3.8) is 0 Å². The topological polar surface area (TPSA) is 99.0 Å². The average molecular weight is 314 g/mol. The smallest absolute Gasteiger partial charge is 0.324 e. The largest absolute Gasteiger partial charge is 0.469 e. The maximum Gasteiger partial charge on any atom is 0.324 e. The summed E-state index contributed by atoms with van der Waals surface area (Å²) >= 11 is 0.913. The number of esters is 1. The van der Waals surface area contributed by atoms with Crippen LogP contribution in [0.15, 0.2) is 11.4 Å². The lowest BCUT2D eigenvalue weighted by Gasteiger charge is -2.32. The average Bonchev–Trinajstić information content (AvgIpc) is 2.96. The van der Waals surface area contributed by atoms with Gasteiger partial charge >= 0.3 is 11.0 Å². The molecule has 0 radical (unpaired) electrons. The van der Waals surface area contributed by atoms with E-state index in [9.17, 15) is 19.7 Å². The van der Waals surface area contributed by atoms with Crippen molar-refractivity contribution < 1.29 is 24.0 Å². The molecule has 1 amide bonds. The predicted molar refractivity (Wildman–Crippen MR) is 73.2 cm³/mol. The van der Waals surface area contributed by atoms with E-state index in [1.165, 1.54) is 23.5 Å². The number of morpholine rings is 1. The van der Waals surface area contributed by atoms with Crippen molar-refractivity contribution in [2.45, 2.75) is 12.5 Å². The molecule has 1 atom stereocenters. The third kappa shape index (κ3) is 3.76. The molecule has 0 saturated carbocycles. The van der Waals surface area contributed by atoms with Gasteiger partial charge in [0, 0.05) is 24.5 Å². The first-order valence-corrected chi connectivity index (χ1v) is 7.10. The van der Waals surface area contributed by atoms with Crippen molar-refractivity contribution in [1.82, 2.24) is 4.90 Å². The van der Waals surface area contributed by atoms with Gasteiger partial charge in [-0.1, -0.05) is 11.3 Å². The maximum absolute atomic E-state index is 12.3. The second-order valence-electron chi connectivity index (χ2n) is 4.45. The minimum Gasteiger partial charge on any atom is -0.469 e. The first-order valence-electron chi connectivity index (χ1n) is 6.22. The number of ether oxygens (including phenoxy) is 2. The number of hydrogen-bond acceptors (Lipinski definition) is 7. The minimum atomic E-state index is -0.527. The maximum atomic E-state index is 12.3. The summed E-state index contributed by atoms with van der Waals surface area (Å²) in [7, 11) is 1.29. The Morgan fingerprint density at radius 2 is 2.38 bits per heavy atom. The van der Waals surface area contributed by atoms with Crippen molar-refractivity contribution in [3.05, 3.63) is 27.1 Å². The monoisotopic (exact) mass is 314 g/mol. The van der Waals surface area contributed by atoms with Gasteiger partial charge in [0.2, 0.25) is 0 Å². The molecule has 0 aliphatic carbocycles. The van der Waals surface area contributed by atoms with Crippen molar-refractivity contribution >= 4 is 28.2 Å². The number of carbonyl (C=O) groups is 2. The van der Waals surface area contributed by atoms with E-state index in [1.54, 1.807) is 0 Å². The van der Waals surface area contributed by atoms with E-state index in [4.69, 9.17) is 4.74 Å². The van der Waals surface area contributed by atoms with Crippen LogP contribution in [0.5, 0.6) is 0 Å². The van der Waals surface area contributed by atoms with Gasteiger partial charge < -0.3 is 14.4 Å². The van der Waals surface area contributed by atoms with Crippen LogP contribution in [0.25, 0.3) is 0 Å². The number of methoxy groups -OCH3 is 1. The number of rotatable bonds is 4. The number of hydrogen-bond donors (Lipinski definition) is 0. The second kappa shape index (κ2) is 6.64. The Balaban J connectivity index is 2.01. The van der Waals surface area contributed by atoms with E-state index in [0.29, 0.717) is 13.2 Å². The van der Waals surface area contributed by atoms with Gasteiger partial charge in [-0.3, -0.25) is 19.7 Å². The van der Waals surface area contributed by atoms with Gasteiger partial charge in [-0.05, 0) is 0 Å². The van der Waals surface area contributed by atoms with E-state index < -0.39 is 17.0 Å². The summed E-state index contributed by atoms with van der Waals surface area (Å²) in [5.74, 6) is -0.696. The molecule has 8 nitrogen and oxygen atoms in total. The molecule has 1 aromatic rings. The molecule has 1 aliphatic rings. The van der Waals surface area contributed by atoms with Gasteiger partial charge in [0.25, 0.3) is 5.91 Å². The van der Waals surface area contributed by atoms with Crippen LogP contribution in [0.2, 0.25) is 0 Å². The zero-order chi connectivity index (χ0) is 15.4. The third-order valence-electron chi connectivity index (χ3n) is 3.06. The molecule has 2 rings (SSSR count). The van der Waals surface area contributed by atoms with Gasteiger partial charge in [0.1, 0.15) is 0 Å². The fourth-order valence-electron chi connectivity index (χ4n) is 2.01. The Bertz CT molecular complexity index is 558. The summed E-state index contributed by atoms with van der Waals surface area (Å²) in [4.78, 5) is 35.1. The van der Waals surface area contributed by atoms with Crippen LogP contribution in [0.1, 0.15) is 16.8 Å². The normalized spacial score (nSPS) is 18.3. The molecular formula is C12H14N2O6S. The highest BCUT2D eigenvalue weighted by molar-refractivity contribution is 7.13. The van der Waals surface area contributed by atoms with E-state index in [0.717, 1.165) is 11.3 Å². The zero-order valence-corrected chi connectivity index (χ0v) is 12.1. The van der Waals surface area contributed by atoms with E-state index in [1.807, 2.05) is 0 Å². The fourth-order valence-corrected chi connectivity index (χ4v) is 2.71. The lowest BCUT2D eigenvalue weighted by molar-refractivity contribution is -0.380. The van der Waals surface area contributed by atoms with Gasteiger partial charge in [0.05, 0.1) is 36.7 Å². The van der Waals surface area contributed by atoms with Crippen LogP contribution in [0, 0.1) is 10.1 Å². The van der Waals surface area contributed by atoms with Gasteiger partial charge in [-0.15, -0.1) is 0 Å². The van der Waals surface area contributed by atoms with E-state index in [-0.39, 0.29) is 29.4 Å². The van der Waals surface area contributed by atoms with Gasteiger partial charge in [-0.2, -0.15) is 0 Å². The summed E-state index contributed by atoms with van der Waals surface area (Å²) in [5.41, 5.74) is 0.283. The number of carbonyl (C=O) groups excluding carboxylic acids is 2. The Morgan fingerprint density at radius 3 is 3.00 bits per heavy atom. The van der Waals surface area contributed by atoms with Crippen LogP contribution in [-0.2, 0) is 14.3 Å². The van der Waals surface area contributed by atoms with Crippen LogP contribution >= 0.6 is 11.3 Å². The summed E-state index contributed by atoms with van der Waals surface area (Å²) < 4.78 is 9.98. The molecule has 0 aromatic carbocycles. The standard InChI is InChI=1S/C12H14N2O6S/c1-19-11(15)5-9-6-13(2-3-20-9)12(16)8-4-10(14(17)18)21-7-8/h4,7,9H,2-3,5-6H2,1H3. The molecule has 0 bridgehead atoms. The van der Waals surface area contributed by atoms with Crippen molar-refractivity contribution in [2.24, 2.45) is 0 Å². The molecule has 1 saturated heterocycles. The Morgan fingerprint density at radius 1 is 1.62 bits per heavy atom. The van der Waals surface area contributed by atoms with Crippen LogP contribution in [-0.4, -0.2) is 54.6 Å². The molecule has 2 heterocycles. The Labute approximate surface area is 124 Å². The quantitative estimate of drug-likeness (QED) is 0.468. The summed E-state index contributed by atoms with van der Waals surface area (Å²) in [5, 5.41) is 12.0. The van der Waals surface area contributed by atoms with Gasteiger partial charge in [-0.25, -0.2) is 0 Å². The molecule has 0 N–H and O–H groups in total. The summed E-state index contributed by atoms with van der Waals surface area (Å²) in [6.07, 6.45) is -0.340. The molecule has 9 heteroatoms. The molecule has 114 valence electrons. The van der Waals surface area contributed by atoms with Crippen molar-refractivity contribution in [3.8, 4) is 0 Å². The highest BCUT2D eigenvalue weighted by Crippen LogP contribution is 2.24. The van der Waals surface area contributed by atoms with Crippen LogP contribution in [0.4, 0.5) is 5.00 Å². The zero-order valence-electron chi connectivity index (χ0n) is 11.3. The third-order valence-corrected chi connectivity index (χ3v) is 3.94. The molecule has 1 fully saturated rings. The number of thiophene rings is 1. The van der Waals surface area contributed by atoms with E-state index >= 15 is 0 Å². The Hall–Kier alpha value is -2.00. The summed E-state index contributed by atoms with van der Waals surface area (Å²) in [6.45, 7) is 0.970. The van der Waals surface area contributed by atoms with E-state index in [2.05, 4.69) is 4.74 Å². The molecule has 1 aliphatic heterocycles. The second-order valence-corrected chi connectivity index (χ2v) is 5.34. The number of amides is 1. The van der Waals surface area contributed by atoms with Crippen LogP contribution < -0.4 is 0 Å². The fraction of sp³-hybridized carbons (Fsp3) is 0.500. The molecule has 21 heavy (non-hydrogen) atoms. The van der Waals surface area contributed by atoms with Crippen molar-refractivity contribution in [1.29, 1.82) is 0 Å².